The molecule has 0 amide bonds. The maximum absolute atomic E-state index is 3.53. The van der Waals surface area contributed by atoms with Crippen LogP contribution in [0.3, 0.4) is 0 Å². The van der Waals surface area contributed by atoms with E-state index in [-0.39, 0.29) is 17.0 Å². The van der Waals surface area contributed by atoms with Crippen LogP contribution in [0.2, 0.25) is 0 Å². The molecular weight excluding hydrogens is 448 g/mol. The number of fused-ring (bicyclic) bond motifs is 1. The number of hydrogen-bond acceptors (Lipinski definition) is 1. The van der Waals surface area contributed by atoms with Gasteiger partial charge in [0.15, 0.2) is 5.69 Å². The fourth-order valence-corrected chi connectivity index (χ4v) is 4.44. The Bertz CT molecular complexity index is 856. The standard InChI is InChI=1S/C19H18BrN2S.BrH/c1-14-5-2-3-6-17(14)22-13-18(15-7-9-16(20)10-8-15)21-11-4-12-23-19(21)22;/h2-3,5-10,13H,4,11-12H2,1H3;1H/q+1;/p-1. The third kappa shape index (κ3) is 3.22. The van der Waals surface area contributed by atoms with E-state index in [0.29, 0.717) is 0 Å². The van der Waals surface area contributed by atoms with E-state index in [1.54, 1.807) is 0 Å². The van der Waals surface area contributed by atoms with Gasteiger partial charge in [0.1, 0.15) is 11.9 Å². The van der Waals surface area contributed by atoms with Gasteiger partial charge < -0.3 is 17.0 Å². The van der Waals surface area contributed by atoms with E-state index in [4.69, 9.17) is 0 Å². The van der Waals surface area contributed by atoms with Crippen LogP contribution in [-0.4, -0.2) is 10.3 Å². The number of thioether (sulfide) groups is 1. The van der Waals surface area contributed by atoms with E-state index >= 15 is 0 Å². The second-order valence-electron chi connectivity index (χ2n) is 5.81. The van der Waals surface area contributed by atoms with Crippen molar-refractivity contribution in [2.24, 2.45) is 0 Å². The Hall–Kier alpha value is -1.04. The molecule has 24 heavy (non-hydrogen) atoms. The molecule has 0 saturated heterocycles. The summed E-state index contributed by atoms with van der Waals surface area (Å²) in [6.07, 6.45) is 3.52. The number of para-hydroxylation sites is 1. The number of halogens is 2. The zero-order chi connectivity index (χ0) is 15.8. The van der Waals surface area contributed by atoms with Gasteiger partial charge in [-0.2, -0.15) is 4.57 Å². The van der Waals surface area contributed by atoms with Crippen LogP contribution in [0.5, 0.6) is 0 Å². The molecule has 3 aromatic rings. The van der Waals surface area contributed by atoms with Crippen LogP contribution in [0.4, 0.5) is 0 Å². The van der Waals surface area contributed by atoms with Crippen molar-refractivity contribution in [2.75, 3.05) is 5.75 Å². The molecule has 124 valence electrons. The highest BCUT2D eigenvalue weighted by Gasteiger charge is 2.29. The first-order chi connectivity index (χ1) is 11.2. The number of hydrogen-bond donors (Lipinski definition) is 0. The molecule has 2 heterocycles. The average Bonchev–Trinajstić information content (AvgIpc) is 2.96. The summed E-state index contributed by atoms with van der Waals surface area (Å²) in [5.41, 5.74) is 5.14. The van der Waals surface area contributed by atoms with Gasteiger partial charge in [-0.15, -0.1) is 0 Å². The highest BCUT2D eigenvalue weighted by Crippen LogP contribution is 2.31. The quantitative estimate of drug-likeness (QED) is 0.526. The molecule has 0 radical (unpaired) electrons. The molecule has 4 rings (SSSR count). The maximum Gasteiger partial charge on any atom is 0.323 e. The molecule has 2 nitrogen and oxygen atoms in total. The Morgan fingerprint density at radius 2 is 1.83 bits per heavy atom. The molecule has 1 aliphatic rings. The Morgan fingerprint density at radius 1 is 1.08 bits per heavy atom. The summed E-state index contributed by atoms with van der Waals surface area (Å²) in [6.45, 7) is 3.27. The number of imidazole rings is 1. The van der Waals surface area contributed by atoms with E-state index < -0.39 is 0 Å². The minimum atomic E-state index is 0. The molecule has 1 aliphatic heterocycles. The van der Waals surface area contributed by atoms with E-state index in [1.807, 2.05) is 11.8 Å². The Labute approximate surface area is 165 Å². The van der Waals surface area contributed by atoms with Gasteiger partial charge in [-0.1, -0.05) is 34.1 Å². The Balaban J connectivity index is 0.00000169. The normalized spacial score (nSPS) is 13.2. The van der Waals surface area contributed by atoms with Crippen LogP contribution in [0, 0.1) is 6.92 Å². The number of benzene rings is 2. The summed E-state index contributed by atoms with van der Waals surface area (Å²) < 4.78 is 5.94. The Morgan fingerprint density at radius 3 is 2.58 bits per heavy atom. The predicted octanol–water partition coefficient (Wildman–Crippen LogP) is 2.00. The predicted molar refractivity (Wildman–Crippen MR) is 99.2 cm³/mol. The summed E-state index contributed by atoms with van der Waals surface area (Å²) in [7, 11) is 0. The lowest BCUT2D eigenvalue weighted by Crippen LogP contribution is -3.00. The molecule has 0 fully saturated rings. The van der Waals surface area contributed by atoms with Crippen molar-refractivity contribution < 1.29 is 21.5 Å². The highest BCUT2D eigenvalue weighted by molar-refractivity contribution is 9.10. The van der Waals surface area contributed by atoms with Gasteiger partial charge in [0.05, 0.1) is 6.54 Å². The second kappa shape index (κ2) is 7.46. The summed E-state index contributed by atoms with van der Waals surface area (Å²) in [5, 5.41) is 1.34. The minimum absolute atomic E-state index is 0. The number of nitrogens with zero attached hydrogens (tertiary/aromatic N) is 2. The zero-order valence-corrected chi connectivity index (χ0v) is 17.4. The number of aryl methyl sites for hydroxylation is 1. The fraction of sp³-hybridized carbons (Fsp3) is 0.211. The first-order valence-corrected chi connectivity index (χ1v) is 9.62. The van der Waals surface area contributed by atoms with Gasteiger partial charge in [0.2, 0.25) is 0 Å². The third-order valence-electron chi connectivity index (χ3n) is 4.25. The van der Waals surface area contributed by atoms with Gasteiger partial charge >= 0.3 is 5.16 Å². The second-order valence-corrected chi connectivity index (χ2v) is 7.79. The van der Waals surface area contributed by atoms with Gasteiger partial charge in [-0.25, -0.2) is 4.57 Å². The molecule has 0 unspecified atom stereocenters. The lowest BCUT2D eigenvalue weighted by molar-refractivity contribution is -0.637. The van der Waals surface area contributed by atoms with Crippen molar-refractivity contribution in [3.63, 3.8) is 0 Å². The number of rotatable bonds is 2. The van der Waals surface area contributed by atoms with Crippen LogP contribution in [0.25, 0.3) is 16.9 Å². The average molecular weight is 466 g/mol. The molecule has 0 atom stereocenters. The molecule has 0 N–H and O–H groups in total. The lowest BCUT2D eigenvalue weighted by Gasteiger charge is -2.11. The molecule has 0 bridgehead atoms. The highest BCUT2D eigenvalue weighted by atomic mass is 79.9. The molecule has 1 aromatic heterocycles. The first kappa shape index (κ1) is 17.8. The van der Waals surface area contributed by atoms with Crippen molar-refractivity contribution in [3.05, 3.63) is 64.8 Å². The van der Waals surface area contributed by atoms with Crippen LogP contribution >= 0.6 is 27.7 Å². The smallest absolute Gasteiger partial charge is 0.323 e. The third-order valence-corrected chi connectivity index (χ3v) is 5.95. The van der Waals surface area contributed by atoms with E-state index in [1.165, 1.54) is 39.8 Å². The molecule has 0 aliphatic carbocycles. The molecule has 2 aromatic carbocycles. The minimum Gasteiger partial charge on any atom is -1.00 e. The summed E-state index contributed by atoms with van der Waals surface area (Å²) >= 11 is 5.48. The first-order valence-electron chi connectivity index (χ1n) is 7.84. The van der Waals surface area contributed by atoms with Gasteiger partial charge in [-0.3, -0.25) is 0 Å². The molecule has 0 saturated carbocycles. The van der Waals surface area contributed by atoms with Gasteiger partial charge in [0, 0.05) is 15.8 Å². The largest absolute Gasteiger partial charge is 1.00 e. The Kier molecular flexibility index (Phi) is 5.52. The van der Waals surface area contributed by atoms with Crippen molar-refractivity contribution in [1.82, 2.24) is 4.57 Å². The van der Waals surface area contributed by atoms with Crippen molar-refractivity contribution in [2.45, 2.75) is 25.0 Å². The van der Waals surface area contributed by atoms with Crippen LogP contribution in [0.1, 0.15) is 12.0 Å². The van der Waals surface area contributed by atoms with Crippen LogP contribution in [0.15, 0.2) is 64.4 Å². The zero-order valence-electron chi connectivity index (χ0n) is 13.4. The van der Waals surface area contributed by atoms with E-state index in [9.17, 15) is 0 Å². The fourth-order valence-electron chi connectivity index (χ4n) is 3.09. The topological polar surface area (TPSA) is 8.81 Å². The summed E-state index contributed by atoms with van der Waals surface area (Å²) in [4.78, 5) is 0. The van der Waals surface area contributed by atoms with Crippen molar-refractivity contribution in [1.29, 1.82) is 0 Å². The summed E-state index contributed by atoms with van der Waals surface area (Å²) in [6, 6.07) is 17.2. The van der Waals surface area contributed by atoms with Gasteiger partial charge in [0.25, 0.3) is 0 Å². The lowest BCUT2D eigenvalue weighted by atomic mass is 10.1. The van der Waals surface area contributed by atoms with Crippen LogP contribution < -0.4 is 21.5 Å². The SMILES string of the molecule is Cc1ccccc1-[n+]1cc(-c2ccc(Br)cc2)n2c1SCCC2.[Br-]. The van der Waals surface area contributed by atoms with Gasteiger partial charge in [-0.05, 0) is 61.0 Å². The monoisotopic (exact) mass is 464 g/mol. The van der Waals surface area contributed by atoms with Crippen molar-refractivity contribution in [3.8, 4) is 16.9 Å². The molecule has 5 heteroatoms. The van der Waals surface area contributed by atoms with Crippen LogP contribution in [-0.2, 0) is 6.54 Å². The number of aromatic nitrogens is 2. The van der Waals surface area contributed by atoms with E-state index in [0.717, 1.165) is 11.0 Å². The van der Waals surface area contributed by atoms with Crippen molar-refractivity contribution >= 4 is 27.7 Å². The van der Waals surface area contributed by atoms with E-state index in [2.05, 4.69) is 86.7 Å². The molecular formula is C19H18Br2N2S. The molecule has 0 spiro atoms. The maximum atomic E-state index is 3.53. The summed E-state index contributed by atoms with van der Waals surface area (Å²) in [5.74, 6) is 1.19.